The van der Waals surface area contributed by atoms with Crippen molar-refractivity contribution in [1.82, 2.24) is 5.32 Å². The van der Waals surface area contributed by atoms with E-state index in [-0.39, 0.29) is 0 Å². The first kappa shape index (κ1) is 12.0. The van der Waals surface area contributed by atoms with E-state index in [0.29, 0.717) is 10.8 Å². The molecule has 1 saturated carbocycles. The minimum absolute atomic E-state index is 0.443. The molecular weight excluding hydrogens is 170 g/mol. The van der Waals surface area contributed by atoms with E-state index in [0.717, 1.165) is 12.0 Å². The molecule has 0 bridgehead atoms. The minimum atomic E-state index is 0.443. The van der Waals surface area contributed by atoms with Gasteiger partial charge in [-0.05, 0) is 43.1 Å². The summed E-state index contributed by atoms with van der Waals surface area (Å²) in [5, 5.41) is 3.44. The van der Waals surface area contributed by atoms with Gasteiger partial charge in [0, 0.05) is 6.04 Å². The maximum Gasteiger partial charge on any atom is 0.00673 e. The Labute approximate surface area is 89.7 Å². The third kappa shape index (κ3) is 2.50. The lowest BCUT2D eigenvalue weighted by Gasteiger charge is -2.48. The maximum absolute atomic E-state index is 3.44. The quantitative estimate of drug-likeness (QED) is 0.679. The largest absolute Gasteiger partial charge is 0.317 e. The van der Waals surface area contributed by atoms with Crippen LogP contribution in [-0.2, 0) is 0 Å². The molecule has 0 radical (unpaired) electrons. The predicted octanol–water partition coefficient (Wildman–Crippen LogP) is 3.45. The summed E-state index contributed by atoms with van der Waals surface area (Å²) < 4.78 is 0. The van der Waals surface area contributed by atoms with Gasteiger partial charge in [-0.15, -0.1) is 0 Å². The molecule has 0 aromatic heterocycles. The molecule has 1 aliphatic carbocycles. The fraction of sp³-hybridized carbons (Fsp3) is 1.00. The van der Waals surface area contributed by atoms with Crippen LogP contribution in [0.4, 0.5) is 0 Å². The van der Waals surface area contributed by atoms with Crippen LogP contribution in [0, 0.1) is 16.7 Å². The minimum Gasteiger partial charge on any atom is -0.317 e. The van der Waals surface area contributed by atoms with Gasteiger partial charge in [0.2, 0.25) is 0 Å². The molecule has 84 valence electrons. The molecule has 0 saturated heterocycles. The van der Waals surface area contributed by atoms with Gasteiger partial charge in [-0.1, -0.05) is 34.6 Å². The van der Waals surface area contributed by atoms with E-state index < -0.39 is 0 Å². The van der Waals surface area contributed by atoms with E-state index >= 15 is 0 Å². The van der Waals surface area contributed by atoms with E-state index in [1.807, 2.05) is 0 Å². The Kier molecular flexibility index (Phi) is 3.30. The van der Waals surface area contributed by atoms with E-state index in [1.54, 1.807) is 0 Å². The lowest BCUT2D eigenvalue weighted by Crippen LogP contribution is -2.45. The monoisotopic (exact) mass is 197 g/mol. The van der Waals surface area contributed by atoms with E-state index in [2.05, 4.69) is 47.0 Å². The molecule has 1 N–H and O–H groups in total. The van der Waals surface area contributed by atoms with Crippen molar-refractivity contribution in [3.8, 4) is 0 Å². The van der Waals surface area contributed by atoms with Gasteiger partial charge >= 0.3 is 0 Å². The van der Waals surface area contributed by atoms with Crippen molar-refractivity contribution in [3.63, 3.8) is 0 Å². The molecule has 1 heteroatoms. The standard InChI is InChI=1S/C13H27N/c1-12(2,3)11-9-10(14-6)7-8-13(11,4)5/h10-11,14H,7-9H2,1-6H3. The van der Waals surface area contributed by atoms with Crippen LogP contribution in [-0.4, -0.2) is 13.1 Å². The molecule has 14 heavy (non-hydrogen) atoms. The van der Waals surface area contributed by atoms with E-state index in [4.69, 9.17) is 0 Å². The average Bonchev–Trinajstić information content (AvgIpc) is 2.01. The van der Waals surface area contributed by atoms with Crippen molar-refractivity contribution in [2.75, 3.05) is 7.05 Å². The van der Waals surface area contributed by atoms with E-state index in [9.17, 15) is 0 Å². The molecular formula is C13H27N. The second-order valence-corrected chi connectivity index (χ2v) is 6.67. The number of hydrogen-bond donors (Lipinski definition) is 1. The average molecular weight is 197 g/mol. The third-order valence-electron chi connectivity index (χ3n) is 4.05. The van der Waals surface area contributed by atoms with Crippen molar-refractivity contribution in [1.29, 1.82) is 0 Å². The van der Waals surface area contributed by atoms with Crippen LogP contribution in [0.2, 0.25) is 0 Å². The molecule has 0 aromatic carbocycles. The Balaban J connectivity index is 2.77. The van der Waals surface area contributed by atoms with Gasteiger partial charge in [-0.3, -0.25) is 0 Å². The van der Waals surface area contributed by atoms with Gasteiger partial charge in [0.1, 0.15) is 0 Å². The zero-order chi connectivity index (χ0) is 11.0. The lowest BCUT2D eigenvalue weighted by molar-refractivity contribution is 0.0274. The summed E-state index contributed by atoms with van der Waals surface area (Å²) in [5.74, 6) is 0.834. The molecule has 0 aromatic rings. The van der Waals surface area contributed by atoms with Gasteiger partial charge in [-0.2, -0.15) is 0 Å². The molecule has 1 nitrogen and oxygen atoms in total. The van der Waals surface area contributed by atoms with Gasteiger partial charge in [0.25, 0.3) is 0 Å². The van der Waals surface area contributed by atoms with Gasteiger partial charge < -0.3 is 5.32 Å². The highest BCUT2D eigenvalue weighted by molar-refractivity contribution is 4.93. The Bertz CT molecular complexity index is 188. The summed E-state index contributed by atoms with van der Waals surface area (Å²) in [6.07, 6.45) is 4.05. The van der Waals surface area contributed by atoms with Crippen LogP contribution in [0.5, 0.6) is 0 Å². The molecule has 2 atom stereocenters. The summed E-state index contributed by atoms with van der Waals surface area (Å²) >= 11 is 0. The molecule has 0 spiro atoms. The Morgan fingerprint density at radius 1 is 1.21 bits per heavy atom. The first-order valence-electron chi connectivity index (χ1n) is 5.94. The highest BCUT2D eigenvalue weighted by Gasteiger charge is 2.41. The van der Waals surface area contributed by atoms with Gasteiger partial charge in [0.05, 0.1) is 0 Å². The SMILES string of the molecule is CNC1CCC(C)(C)C(C(C)(C)C)C1. The van der Waals surface area contributed by atoms with Crippen LogP contribution in [0.25, 0.3) is 0 Å². The highest BCUT2D eigenvalue weighted by Crippen LogP contribution is 2.49. The van der Waals surface area contributed by atoms with Gasteiger partial charge in [-0.25, -0.2) is 0 Å². The normalized spacial score (nSPS) is 33.0. The molecule has 1 fully saturated rings. The summed E-state index contributed by atoms with van der Waals surface area (Å²) in [6.45, 7) is 12.0. The topological polar surface area (TPSA) is 12.0 Å². The Morgan fingerprint density at radius 3 is 2.21 bits per heavy atom. The number of rotatable bonds is 1. The number of hydrogen-bond acceptors (Lipinski definition) is 1. The molecule has 1 rings (SSSR count). The second kappa shape index (κ2) is 3.84. The molecule has 0 amide bonds. The van der Waals surface area contributed by atoms with Gasteiger partial charge in [0.15, 0.2) is 0 Å². The Hall–Kier alpha value is -0.0400. The molecule has 0 aliphatic heterocycles. The molecule has 1 aliphatic rings. The van der Waals surface area contributed by atoms with Crippen molar-refractivity contribution in [3.05, 3.63) is 0 Å². The van der Waals surface area contributed by atoms with E-state index in [1.165, 1.54) is 19.3 Å². The van der Waals surface area contributed by atoms with Crippen LogP contribution in [0.3, 0.4) is 0 Å². The van der Waals surface area contributed by atoms with Crippen molar-refractivity contribution < 1.29 is 0 Å². The first-order chi connectivity index (χ1) is 6.27. The third-order valence-corrected chi connectivity index (χ3v) is 4.05. The Morgan fingerprint density at radius 2 is 1.79 bits per heavy atom. The zero-order valence-electron chi connectivity index (χ0n) is 10.8. The summed E-state index contributed by atoms with van der Waals surface area (Å²) in [5.41, 5.74) is 0.963. The molecule has 0 heterocycles. The predicted molar refractivity (Wildman–Crippen MR) is 63.4 cm³/mol. The summed E-state index contributed by atoms with van der Waals surface area (Å²) in [4.78, 5) is 0. The van der Waals surface area contributed by atoms with Crippen molar-refractivity contribution in [2.24, 2.45) is 16.7 Å². The van der Waals surface area contributed by atoms with Crippen molar-refractivity contribution in [2.45, 2.75) is 59.9 Å². The van der Waals surface area contributed by atoms with Crippen LogP contribution < -0.4 is 5.32 Å². The number of nitrogens with one attached hydrogen (secondary N) is 1. The summed E-state index contributed by atoms with van der Waals surface area (Å²) in [7, 11) is 2.10. The lowest BCUT2D eigenvalue weighted by atomic mass is 9.58. The maximum atomic E-state index is 3.44. The zero-order valence-corrected chi connectivity index (χ0v) is 10.8. The molecule has 2 unspecified atom stereocenters. The smallest absolute Gasteiger partial charge is 0.00673 e. The second-order valence-electron chi connectivity index (χ2n) is 6.67. The fourth-order valence-electron chi connectivity index (χ4n) is 3.23. The highest BCUT2D eigenvalue weighted by atomic mass is 14.9. The first-order valence-corrected chi connectivity index (χ1v) is 5.94. The summed E-state index contributed by atoms with van der Waals surface area (Å²) in [6, 6.07) is 0.743. The van der Waals surface area contributed by atoms with Crippen LogP contribution in [0.15, 0.2) is 0 Å². The fourth-order valence-corrected chi connectivity index (χ4v) is 3.23. The van der Waals surface area contributed by atoms with Crippen LogP contribution in [0.1, 0.15) is 53.9 Å². The van der Waals surface area contributed by atoms with Crippen LogP contribution >= 0.6 is 0 Å². The van der Waals surface area contributed by atoms with Crippen molar-refractivity contribution >= 4 is 0 Å².